The van der Waals surface area contributed by atoms with E-state index in [2.05, 4.69) is 32.2 Å². The Balaban J connectivity index is 1.73. The van der Waals surface area contributed by atoms with Gasteiger partial charge in [0.05, 0.1) is 5.52 Å². The first kappa shape index (κ1) is 19.8. The van der Waals surface area contributed by atoms with Gasteiger partial charge in [0.15, 0.2) is 5.82 Å². The SMILES string of the molecule is CC(C)NC(=O)CCN(c1nc(-c2cccc(Br)c2)nc2ccccc12)C1CC1. The number of rotatable bonds is 7. The molecule has 1 fully saturated rings. The predicted molar refractivity (Wildman–Crippen MR) is 121 cm³/mol. The van der Waals surface area contributed by atoms with Crippen LogP contribution < -0.4 is 10.2 Å². The topological polar surface area (TPSA) is 58.1 Å². The summed E-state index contributed by atoms with van der Waals surface area (Å²) in [4.78, 5) is 24.3. The van der Waals surface area contributed by atoms with E-state index in [4.69, 9.17) is 9.97 Å². The molecule has 1 aliphatic carbocycles. The van der Waals surface area contributed by atoms with Gasteiger partial charge in [-0.2, -0.15) is 0 Å². The standard InChI is InChI=1S/C23H25BrN4O/c1-15(2)25-21(29)12-13-28(18-10-11-18)23-19-8-3-4-9-20(19)26-22(27-23)16-6-5-7-17(24)14-16/h3-9,14-15,18H,10-13H2,1-2H3,(H,25,29). The molecule has 1 aliphatic rings. The highest BCUT2D eigenvalue weighted by molar-refractivity contribution is 9.10. The Morgan fingerprint density at radius 3 is 2.69 bits per heavy atom. The summed E-state index contributed by atoms with van der Waals surface area (Å²) in [6, 6.07) is 16.8. The molecule has 150 valence electrons. The molecule has 3 aromatic rings. The fourth-order valence-corrected chi connectivity index (χ4v) is 3.90. The first-order valence-corrected chi connectivity index (χ1v) is 10.9. The van der Waals surface area contributed by atoms with Gasteiger partial charge >= 0.3 is 0 Å². The van der Waals surface area contributed by atoms with Crippen molar-refractivity contribution in [1.29, 1.82) is 0 Å². The van der Waals surface area contributed by atoms with E-state index in [-0.39, 0.29) is 11.9 Å². The molecule has 0 spiro atoms. The maximum absolute atomic E-state index is 12.2. The number of nitrogens with zero attached hydrogens (tertiary/aromatic N) is 3. The van der Waals surface area contributed by atoms with Crippen LogP contribution in [0.1, 0.15) is 33.1 Å². The van der Waals surface area contributed by atoms with Crippen molar-refractivity contribution in [2.45, 2.75) is 45.2 Å². The Morgan fingerprint density at radius 2 is 1.97 bits per heavy atom. The minimum atomic E-state index is 0.0798. The zero-order valence-corrected chi connectivity index (χ0v) is 18.3. The molecule has 1 N–H and O–H groups in total. The molecule has 1 aromatic heterocycles. The van der Waals surface area contributed by atoms with Gasteiger partial charge in [-0.1, -0.05) is 40.2 Å². The molecule has 0 unspecified atom stereocenters. The summed E-state index contributed by atoms with van der Waals surface area (Å²) in [6.07, 6.45) is 2.73. The monoisotopic (exact) mass is 452 g/mol. The third-order valence-electron chi connectivity index (χ3n) is 4.96. The third-order valence-corrected chi connectivity index (χ3v) is 5.45. The number of aromatic nitrogens is 2. The third kappa shape index (κ3) is 4.75. The van der Waals surface area contributed by atoms with Crippen molar-refractivity contribution in [3.8, 4) is 11.4 Å². The second-order valence-electron chi connectivity index (χ2n) is 7.80. The van der Waals surface area contributed by atoms with E-state index in [9.17, 15) is 4.79 Å². The zero-order valence-electron chi connectivity index (χ0n) is 16.7. The number of anilines is 1. The maximum atomic E-state index is 12.2. The Labute approximate surface area is 179 Å². The predicted octanol–water partition coefficient (Wildman–Crippen LogP) is 4.94. The van der Waals surface area contributed by atoms with Crippen LogP contribution in [0.5, 0.6) is 0 Å². The molecule has 1 saturated carbocycles. The Bertz CT molecular complexity index is 1030. The van der Waals surface area contributed by atoms with Gasteiger partial charge in [-0.05, 0) is 51.0 Å². The van der Waals surface area contributed by atoms with Gasteiger partial charge in [-0.15, -0.1) is 0 Å². The lowest BCUT2D eigenvalue weighted by Gasteiger charge is -2.25. The van der Waals surface area contributed by atoms with Crippen LogP contribution in [0.2, 0.25) is 0 Å². The van der Waals surface area contributed by atoms with Crippen molar-refractivity contribution >= 4 is 38.6 Å². The van der Waals surface area contributed by atoms with Crippen LogP contribution in [0.3, 0.4) is 0 Å². The molecule has 1 amide bonds. The van der Waals surface area contributed by atoms with Gasteiger partial charge in [-0.3, -0.25) is 4.79 Å². The highest BCUT2D eigenvalue weighted by Gasteiger charge is 2.31. The summed E-state index contributed by atoms with van der Waals surface area (Å²) in [7, 11) is 0. The zero-order chi connectivity index (χ0) is 20.4. The quantitative estimate of drug-likeness (QED) is 0.551. The highest BCUT2D eigenvalue weighted by Crippen LogP contribution is 2.35. The van der Waals surface area contributed by atoms with E-state index in [1.807, 2.05) is 56.3 Å². The molecule has 0 atom stereocenters. The number of carbonyl (C=O) groups excluding carboxylic acids is 1. The van der Waals surface area contributed by atoms with Crippen LogP contribution in [-0.2, 0) is 4.79 Å². The molecule has 0 aliphatic heterocycles. The van der Waals surface area contributed by atoms with Gasteiger partial charge in [0.25, 0.3) is 0 Å². The molecule has 29 heavy (non-hydrogen) atoms. The Hall–Kier alpha value is -2.47. The van der Waals surface area contributed by atoms with Gasteiger partial charge in [0.1, 0.15) is 5.82 Å². The van der Waals surface area contributed by atoms with Crippen molar-refractivity contribution in [2.75, 3.05) is 11.4 Å². The fraction of sp³-hybridized carbons (Fsp3) is 0.348. The number of halogens is 1. The van der Waals surface area contributed by atoms with Crippen LogP contribution in [0.15, 0.2) is 53.0 Å². The van der Waals surface area contributed by atoms with E-state index in [0.29, 0.717) is 24.8 Å². The second kappa shape index (κ2) is 8.49. The Kier molecular flexibility index (Phi) is 5.81. The molecule has 2 aromatic carbocycles. The van der Waals surface area contributed by atoms with E-state index < -0.39 is 0 Å². The Morgan fingerprint density at radius 1 is 1.17 bits per heavy atom. The molecule has 6 heteroatoms. The minimum Gasteiger partial charge on any atom is -0.354 e. The molecule has 4 rings (SSSR count). The smallest absolute Gasteiger partial charge is 0.221 e. The minimum absolute atomic E-state index is 0.0798. The number of carbonyl (C=O) groups is 1. The average molecular weight is 453 g/mol. The van der Waals surface area contributed by atoms with Crippen molar-refractivity contribution in [3.63, 3.8) is 0 Å². The molecule has 0 radical (unpaired) electrons. The lowest BCUT2D eigenvalue weighted by atomic mass is 10.1. The normalized spacial score (nSPS) is 13.7. The highest BCUT2D eigenvalue weighted by atomic mass is 79.9. The van der Waals surface area contributed by atoms with E-state index in [1.54, 1.807) is 0 Å². The van der Waals surface area contributed by atoms with Crippen molar-refractivity contribution in [2.24, 2.45) is 0 Å². The average Bonchev–Trinajstić information content (AvgIpc) is 3.52. The molecule has 1 heterocycles. The van der Waals surface area contributed by atoms with E-state index in [0.717, 1.165) is 39.6 Å². The van der Waals surface area contributed by atoms with Crippen LogP contribution in [0.25, 0.3) is 22.3 Å². The lowest BCUT2D eigenvalue weighted by Crippen LogP contribution is -2.35. The number of benzene rings is 2. The maximum Gasteiger partial charge on any atom is 0.221 e. The molecular weight excluding hydrogens is 428 g/mol. The number of nitrogens with one attached hydrogen (secondary N) is 1. The number of amides is 1. The largest absolute Gasteiger partial charge is 0.354 e. The molecule has 0 bridgehead atoms. The number of para-hydroxylation sites is 1. The second-order valence-corrected chi connectivity index (χ2v) is 8.71. The van der Waals surface area contributed by atoms with Gasteiger partial charge in [0, 0.05) is 40.5 Å². The first-order valence-electron chi connectivity index (χ1n) is 10.1. The van der Waals surface area contributed by atoms with E-state index >= 15 is 0 Å². The van der Waals surface area contributed by atoms with Crippen LogP contribution in [0, 0.1) is 0 Å². The van der Waals surface area contributed by atoms with Crippen LogP contribution in [0.4, 0.5) is 5.82 Å². The summed E-state index contributed by atoms with van der Waals surface area (Å²) < 4.78 is 0.998. The summed E-state index contributed by atoms with van der Waals surface area (Å²) in [5.74, 6) is 1.71. The summed E-state index contributed by atoms with van der Waals surface area (Å²) >= 11 is 3.54. The molecular formula is C23H25BrN4O. The van der Waals surface area contributed by atoms with Gasteiger partial charge < -0.3 is 10.2 Å². The van der Waals surface area contributed by atoms with Gasteiger partial charge in [-0.25, -0.2) is 9.97 Å². The summed E-state index contributed by atoms with van der Waals surface area (Å²) in [5, 5.41) is 4.02. The molecule has 5 nitrogen and oxygen atoms in total. The fourth-order valence-electron chi connectivity index (χ4n) is 3.50. The van der Waals surface area contributed by atoms with Crippen molar-refractivity contribution < 1.29 is 4.79 Å². The number of hydrogen-bond acceptors (Lipinski definition) is 4. The molecule has 0 saturated heterocycles. The van der Waals surface area contributed by atoms with Crippen molar-refractivity contribution in [1.82, 2.24) is 15.3 Å². The first-order chi connectivity index (χ1) is 14.0. The van der Waals surface area contributed by atoms with Crippen LogP contribution >= 0.6 is 15.9 Å². The van der Waals surface area contributed by atoms with Crippen molar-refractivity contribution in [3.05, 3.63) is 53.0 Å². The summed E-state index contributed by atoms with van der Waals surface area (Å²) in [5.41, 5.74) is 1.89. The van der Waals surface area contributed by atoms with Gasteiger partial charge in [0.2, 0.25) is 5.91 Å². The lowest BCUT2D eigenvalue weighted by molar-refractivity contribution is -0.121. The van der Waals surface area contributed by atoms with E-state index in [1.165, 1.54) is 0 Å². The number of hydrogen-bond donors (Lipinski definition) is 1. The summed E-state index contributed by atoms with van der Waals surface area (Å²) in [6.45, 7) is 4.62. The number of fused-ring (bicyclic) bond motifs is 1. The van der Waals surface area contributed by atoms with Crippen LogP contribution in [-0.4, -0.2) is 34.5 Å².